The van der Waals surface area contributed by atoms with Gasteiger partial charge in [0.15, 0.2) is 5.78 Å². The first-order valence-electron chi connectivity index (χ1n) is 13.2. The van der Waals surface area contributed by atoms with Crippen LogP contribution in [-0.2, 0) is 19.1 Å². The molecule has 2 aliphatic heterocycles. The average molecular weight is 487 g/mol. The van der Waals surface area contributed by atoms with Crippen molar-refractivity contribution in [3.63, 3.8) is 0 Å². The molecule has 192 valence electrons. The minimum absolute atomic E-state index is 0.0517. The second-order valence-electron chi connectivity index (χ2n) is 12.8. The molecule has 35 heavy (non-hydrogen) atoms. The first-order valence-corrected chi connectivity index (χ1v) is 13.2. The number of carbonyl (C=O) groups excluding carboxylic acids is 2. The standard InChI is InChI=1S/C28H38O7/c1-12-9-18(34-25(32)13(12)2)14(3)15-10-17(29)22-21-16(11-20(31)26(15,22)4)27(5)19(30)7-6-8-28(27,33)24-23(21)35-24/h6-7,14-18,20-24,29,31,33H,8-11H2,1-5H3/t14-,15-,16+,17-,18-,20-,21-,22+,23+,24+,26+,27+,28+/m1/s1. The maximum absolute atomic E-state index is 13.3. The molecule has 13 atom stereocenters. The molecule has 2 heterocycles. The van der Waals surface area contributed by atoms with E-state index >= 15 is 0 Å². The van der Waals surface area contributed by atoms with E-state index in [1.165, 1.54) is 0 Å². The number of esters is 1. The predicted octanol–water partition coefficient (Wildman–Crippen LogP) is 2.32. The van der Waals surface area contributed by atoms with Crippen LogP contribution in [0.5, 0.6) is 0 Å². The summed E-state index contributed by atoms with van der Waals surface area (Å²) in [6.07, 6.45) is 2.83. The van der Waals surface area contributed by atoms with Gasteiger partial charge in [-0.05, 0) is 75.7 Å². The summed E-state index contributed by atoms with van der Waals surface area (Å²) in [5.41, 5.74) is -1.27. The Hall–Kier alpha value is -1.54. The summed E-state index contributed by atoms with van der Waals surface area (Å²) < 4.78 is 11.9. The number of fused-ring (bicyclic) bond motifs is 8. The number of ether oxygens (including phenoxy) is 2. The zero-order valence-corrected chi connectivity index (χ0v) is 21.2. The van der Waals surface area contributed by atoms with Gasteiger partial charge in [-0.2, -0.15) is 0 Å². The van der Waals surface area contributed by atoms with Gasteiger partial charge in [0, 0.05) is 17.4 Å². The number of ketones is 1. The molecule has 7 heteroatoms. The van der Waals surface area contributed by atoms with E-state index in [4.69, 9.17) is 9.47 Å². The van der Waals surface area contributed by atoms with Crippen LogP contribution >= 0.6 is 0 Å². The van der Waals surface area contributed by atoms with E-state index in [9.17, 15) is 24.9 Å². The molecule has 4 fully saturated rings. The van der Waals surface area contributed by atoms with Crippen molar-refractivity contribution in [2.45, 2.75) is 96.4 Å². The van der Waals surface area contributed by atoms with Crippen molar-refractivity contribution in [3.05, 3.63) is 23.3 Å². The summed E-state index contributed by atoms with van der Waals surface area (Å²) in [5.74, 6) is -1.19. The van der Waals surface area contributed by atoms with Gasteiger partial charge in [0.05, 0.1) is 23.7 Å². The van der Waals surface area contributed by atoms with Gasteiger partial charge in [-0.1, -0.05) is 25.5 Å². The summed E-state index contributed by atoms with van der Waals surface area (Å²) in [4.78, 5) is 25.7. The highest BCUT2D eigenvalue weighted by Gasteiger charge is 2.79. The number of epoxide rings is 1. The molecule has 0 unspecified atom stereocenters. The van der Waals surface area contributed by atoms with Gasteiger partial charge in [0.1, 0.15) is 17.8 Å². The molecule has 0 aromatic rings. The lowest BCUT2D eigenvalue weighted by Gasteiger charge is -2.61. The fourth-order valence-electron chi connectivity index (χ4n) is 9.31. The zero-order valence-electron chi connectivity index (χ0n) is 21.2. The highest BCUT2D eigenvalue weighted by Crippen LogP contribution is 2.71. The Labute approximate surface area is 206 Å². The van der Waals surface area contributed by atoms with Crippen LogP contribution in [0, 0.1) is 40.4 Å². The van der Waals surface area contributed by atoms with E-state index in [0.717, 1.165) is 5.57 Å². The third kappa shape index (κ3) is 2.76. The van der Waals surface area contributed by atoms with Crippen LogP contribution in [0.15, 0.2) is 23.3 Å². The number of cyclic esters (lactones) is 1. The summed E-state index contributed by atoms with van der Waals surface area (Å²) in [6.45, 7) is 9.73. The van der Waals surface area contributed by atoms with Gasteiger partial charge in [0.2, 0.25) is 0 Å². The molecule has 3 saturated carbocycles. The van der Waals surface area contributed by atoms with Crippen molar-refractivity contribution in [2.24, 2.45) is 40.4 Å². The molecule has 0 bridgehead atoms. The predicted molar refractivity (Wildman–Crippen MR) is 126 cm³/mol. The topological polar surface area (TPSA) is 117 Å². The van der Waals surface area contributed by atoms with Crippen LogP contribution in [0.3, 0.4) is 0 Å². The Morgan fingerprint density at radius 3 is 2.54 bits per heavy atom. The number of carbonyl (C=O) groups is 2. The fourth-order valence-corrected chi connectivity index (χ4v) is 9.31. The third-order valence-corrected chi connectivity index (χ3v) is 11.7. The van der Waals surface area contributed by atoms with Crippen molar-refractivity contribution in [1.82, 2.24) is 0 Å². The normalized spacial score (nSPS) is 55.5. The largest absolute Gasteiger partial charge is 0.458 e. The lowest BCUT2D eigenvalue weighted by atomic mass is 9.42. The minimum atomic E-state index is -1.29. The van der Waals surface area contributed by atoms with Gasteiger partial charge in [-0.3, -0.25) is 4.79 Å². The van der Waals surface area contributed by atoms with Crippen molar-refractivity contribution >= 4 is 11.8 Å². The molecule has 6 aliphatic rings. The van der Waals surface area contributed by atoms with E-state index in [2.05, 4.69) is 13.8 Å². The van der Waals surface area contributed by atoms with E-state index in [1.54, 1.807) is 19.1 Å². The number of allylic oxidation sites excluding steroid dienone is 1. The molecule has 6 rings (SSSR count). The monoisotopic (exact) mass is 486 g/mol. The van der Waals surface area contributed by atoms with Crippen LogP contribution in [0.1, 0.15) is 60.3 Å². The van der Waals surface area contributed by atoms with E-state index in [0.29, 0.717) is 31.3 Å². The Morgan fingerprint density at radius 1 is 1.14 bits per heavy atom. The highest BCUT2D eigenvalue weighted by molar-refractivity contribution is 5.97. The average Bonchev–Trinajstić information content (AvgIpc) is 3.55. The number of aliphatic hydroxyl groups excluding tert-OH is 2. The first kappa shape index (κ1) is 23.8. The summed E-state index contributed by atoms with van der Waals surface area (Å²) >= 11 is 0. The van der Waals surface area contributed by atoms with Crippen molar-refractivity contribution in [3.8, 4) is 0 Å². The van der Waals surface area contributed by atoms with E-state index < -0.39 is 34.7 Å². The maximum Gasteiger partial charge on any atom is 0.333 e. The van der Waals surface area contributed by atoms with Gasteiger partial charge in [0.25, 0.3) is 0 Å². The van der Waals surface area contributed by atoms with Gasteiger partial charge in [-0.15, -0.1) is 0 Å². The summed E-state index contributed by atoms with van der Waals surface area (Å²) in [5, 5.41) is 35.0. The molecule has 3 N–H and O–H groups in total. The number of rotatable bonds is 2. The molecule has 0 aromatic heterocycles. The molecular formula is C28H38O7. The Bertz CT molecular complexity index is 1050. The smallest absolute Gasteiger partial charge is 0.333 e. The summed E-state index contributed by atoms with van der Waals surface area (Å²) in [6, 6.07) is 0. The Morgan fingerprint density at radius 2 is 1.86 bits per heavy atom. The second kappa shape index (κ2) is 7.27. The van der Waals surface area contributed by atoms with Gasteiger partial charge >= 0.3 is 5.97 Å². The lowest BCUT2D eigenvalue weighted by molar-refractivity contribution is -0.207. The van der Waals surface area contributed by atoms with Crippen LogP contribution in [0.25, 0.3) is 0 Å². The van der Waals surface area contributed by atoms with Crippen LogP contribution < -0.4 is 0 Å². The van der Waals surface area contributed by atoms with Crippen molar-refractivity contribution < 1.29 is 34.4 Å². The van der Waals surface area contributed by atoms with E-state index in [1.807, 2.05) is 13.8 Å². The molecule has 4 aliphatic carbocycles. The van der Waals surface area contributed by atoms with Crippen LogP contribution in [0.4, 0.5) is 0 Å². The zero-order chi connectivity index (χ0) is 25.2. The minimum Gasteiger partial charge on any atom is -0.458 e. The molecular weight excluding hydrogens is 448 g/mol. The molecule has 1 saturated heterocycles. The molecule has 7 nitrogen and oxygen atoms in total. The third-order valence-electron chi connectivity index (χ3n) is 11.7. The molecule has 0 aromatic carbocycles. The quantitative estimate of drug-likeness (QED) is 0.405. The van der Waals surface area contributed by atoms with Crippen molar-refractivity contribution in [1.29, 1.82) is 0 Å². The maximum atomic E-state index is 13.3. The lowest BCUT2D eigenvalue weighted by Crippen LogP contribution is -2.69. The fraction of sp³-hybridized carbons (Fsp3) is 0.786. The Balaban J connectivity index is 1.37. The first-order chi connectivity index (χ1) is 16.4. The van der Waals surface area contributed by atoms with Gasteiger partial charge < -0.3 is 24.8 Å². The van der Waals surface area contributed by atoms with Crippen molar-refractivity contribution in [2.75, 3.05) is 0 Å². The summed E-state index contributed by atoms with van der Waals surface area (Å²) in [7, 11) is 0. The number of hydrogen-bond donors (Lipinski definition) is 3. The molecule has 0 spiro atoms. The SMILES string of the molecule is CC1=C(C)C(=O)O[C@@H]([C@H](C)[C@H]2C[C@@H](O)[C@H]3[C@@H]4[C@@H]5O[C@@H]5[C@@]5(O)CC=CC(=O)[C@]5(C)[C@H]4C[C@@H](O)[C@@]32C)C1. The van der Waals surface area contributed by atoms with E-state index in [-0.39, 0.29) is 53.6 Å². The molecule has 0 amide bonds. The molecule has 0 radical (unpaired) electrons. The van der Waals surface area contributed by atoms with Crippen LogP contribution in [0.2, 0.25) is 0 Å². The second-order valence-corrected chi connectivity index (χ2v) is 12.8. The van der Waals surface area contributed by atoms with Gasteiger partial charge in [-0.25, -0.2) is 4.79 Å². The number of hydrogen-bond acceptors (Lipinski definition) is 7. The highest BCUT2D eigenvalue weighted by atomic mass is 16.6. The number of aliphatic hydroxyl groups is 3. The van der Waals surface area contributed by atoms with Crippen LogP contribution in [-0.4, -0.2) is 63.2 Å². The Kier molecular flexibility index (Phi) is 4.95.